The van der Waals surface area contributed by atoms with E-state index in [9.17, 15) is 0 Å². The van der Waals surface area contributed by atoms with Crippen LogP contribution in [0.15, 0.2) is 29.3 Å². The molecule has 6 heteroatoms. The van der Waals surface area contributed by atoms with E-state index in [1.54, 1.807) is 0 Å². The van der Waals surface area contributed by atoms with E-state index in [0.717, 1.165) is 51.6 Å². The number of aryl methyl sites for hydroxylation is 1. The van der Waals surface area contributed by atoms with Gasteiger partial charge in [0.25, 0.3) is 0 Å². The Kier molecular flexibility index (Phi) is 11.2. The van der Waals surface area contributed by atoms with Crippen LogP contribution in [-0.4, -0.2) is 63.8 Å². The predicted molar refractivity (Wildman–Crippen MR) is 121 cm³/mol. The van der Waals surface area contributed by atoms with Gasteiger partial charge in [0.1, 0.15) is 0 Å². The van der Waals surface area contributed by atoms with E-state index < -0.39 is 0 Å². The smallest absolute Gasteiger partial charge is 0.191 e. The van der Waals surface area contributed by atoms with Gasteiger partial charge in [-0.3, -0.25) is 4.99 Å². The molecule has 1 heterocycles. The molecule has 1 fully saturated rings. The second-order valence-corrected chi connectivity index (χ2v) is 7.13. The number of halogens is 1. The lowest BCUT2D eigenvalue weighted by Gasteiger charge is -2.30. The Hall–Kier alpha value is -0.860. The lowest BCUT2D eigenvalue weighted by molar-refractivity contribution is -0.0161. The van der Waals surface area contributed by atoms with Crippen LogP contribution in [0.25, 0.3) is 0 Å². The number of nitrogens with one attached hydrogen (secondary N) is 2. The summed E-state index contributed by atoms with van der Waals surface area (Å²) in [7, 11) is 3.95. The molecule has 0 aromatic heterocycles. The summed E-state index contributed by atoms with van der Waals surface area (Å²) in [5.41, 5.74) is 2.80. The fourth-order valence-corrected chi connectivity index (χ4v) is 2.99. The standard InChI is InChI=1S/C20H34N4O.HI/c1-16(2)18-9-7-17(8-10-18)6-5-11-22-20(21-3)23-14-19-15-24(4)12-13-25-19;/h7-10,16,19H,5-6,11-15H2,1-4H3,(H2,21,22,23);1H. The van der Waals surface area contributed by atoms with Crippen LogP contribution in [0.1, 0.15) is 37.3 Å². The second kappa shape index (κ2) is 12.5. The zero-order valence-electron chi connectivity index (χ0n) is 16.6. The minimum Gasteiger partial charge on any atom is -0.374 e. The third-order valence-electron chi connectivity index (χ3n) is 4.64. The van der Waals surface area contributed by atoms with Gasteiger partial charge in [0.05, 0.1) is 12.7 Å². The van der Waals surface area contributed by atoms with Gasteiger partial charge in [0.2, 0.25) is 0 Å². The molecule has 1 atom stereocenters. The highest BCUT2D eigenvalue weighted by atomic mass is 127. The summed E-state index contributed by atoms with van der Waals surface area (Å²) in [6, 6.07) is 8.99. The van der Waals surface area contributed by atoms with Gasteiger partial charge in [-0.25, -0.2) is 0 Å². The van der Waals surface area contributed by atoms with Crippen molar-refractivity contribution in [1.29, 1.82) is 0 Å². The quantitative estimate of drug-likeness (QED) is 0.276. The largest absolute Gasteiger partial charge is 0.374 e. The number of hydrogen-bond acceptors (Lipinski definition) is 3. The van der Waals surface area contributed by atoms with Gasteiger partial charge in [-0.05, 0) is 36.9 Å². The highest BCUT2D eigenvalue weighted by molar-refractivity contribution is 14.0. The molecule has 1 aliphatic rings. The molecule has 2 N–H and O–H groups in total. The Bertz CT molecular complexity index is 533. The molecule has 0 saturated carbocycles. The summed E-state index contributed by atoms with van der Waals surface area (Å²) >= 11 is 0. The molecule has 0 bridgehead atoms. The maximum atomic E-state index is 5.77. The Morgan fingerprint density at radius 3 is 2.62 bits per heavy atom. The zero-order chi connectivity index (χ0) is 18.1. The van der Waals surface area contributed by atoms with Crippen LogP contribution in [0, 0.1) is 0 Å². The summed E-state index contributed by atoms with van der Waals surface area (Å²) in [4.78, 5) is 6.59. The van der Waals surface area contributed by atoms with E-state index in [-0.39, 0.29) is 30.1 Å². The van der Waals surface area contributed by atoms with Crippen molar-refractivity contribution in [1.82, 2.24) is 15.5 Å². The molecule has 5 nitrogen and oxygen atoms in total. The van der Waals surface area contributed by atoms with Crippen LogP contribution in [0.3, 0.4) is 0 Å². The number of morpholine rings is 1. The van der Waals surface area contributed by atoms with Gasteiger partial charge in [0, 0.05) is 33.2 Å². The van der Waals surface area contributed by atoms with E-state index in [0.29, 0.717) is 5.92 Å². The summed E-state index contributed by atoms with van der Waals surface area (Å²) in [5, 5.41) is 6.76. The number of hydrogen-bond donors (Lipinski definition) is 2. The van der Waals surface area contributed by atoms with Crippen LogP contribution in [0.2, 0.25) is 0 Å². The van der Waals surface area contributed by atoms with Crippen LogP contribution < -0.4 is 10.6 Å². The molecule has 1 saturated heterocycles. The van der Waals surface area contributed by atoms with Crippen LogP contribution >= 0.6 is 24.0 Å². The number of aliphatic imine (C=N–C) groups is 1. The highest BCUT2D eigenvalue weighted by Gasteiger charge is 2.17. The second-order valence-electron chi connectivity index (χ2n) is 7.13. The maximum absolute atomic E-state index is 5.77. The van der Waals surface area contributed by atoms with Crippen LogP contribution in [-0.2, 0) is 11.2 Å². The van der Waals surface area contributed by atoms with Crippen molar-refractivity contribution in [2.45, 2.75) is 38.7 Å². The number of guanidine groups is 1. The molecule has 1 aliphatic heterocycles. The van der Waals surface area contributed by atoms with E-state index in [1.165, 1.54) is 11.1 Å². The monoisotopic (exact) mass is 474 g/mol. The summed E-state index contributed by atoms with van der Waals surface area (Å²) in [6.07, 6.45) is 2.40. The third kappa shape index (κ3) is 8.22. The first-order valence-corrected chi connectivity index (χ1v) is 9.42. The first-order valence-electron chi connectivity index (χ1n) is 9.42. The molecule has 0 aliphatic carbocycles. The van der Waals surface area contributed by atoms with E-state index in [1.807, 2.05) is 7.05 Å². The van der Waals surface area contributed by atoms with Gasteiger partial charge in [-0.15, -0.1) is 24.0 Å². The van der Waals surface area contributed by atoms with Crippen molar-refractivity contribution < 1.29 is 4.74 Å². The third-order valence-corrected chi connectivity index (χ3v) is 4.64. The molecule has 0 spiro atoms. The van der Waals surface area contributed by atoms with Crippen LogP contribution in [0.4, 0.5) is 0 Å². The summed E-state index contributed by atoms with van der Waals surface area (Å²) < 4.78 is 5.77. The fraction of sp³-hybridized carbons (Fsp3) is 0.650. The minimum absolute atomic E-state index is 0. The fourth-order valence-electron chi connectivity index (χ4n) is 2.99. The van der Waals surface area contributed by atoms with Crippen molar-refractivity contribution in [3.63, 3.8) is 0 Å². The summed E-state index contributed by atoms with van der Waals surface area (Å²) in [5.74, 6) is 1.45. The number of rotatable bonds is 7. The lowest BCUT2D eigenvalue weighted by Crippen LogP contribution is -2.48. The van der Waals surface area contributed by atoms with Crippen molar-refractivity contribution in [3.8, 4) is 0 Å². The van der Waals surface area contributed by atoms with Gasteiger partial charge < -0.3 is 20.3 Å². The zero-order valence-corrected chi connectivity index (χ0v) is 19.0. The van der Waals surface area contributed by atoms with E-state index >= 15 is 0 Å². The first-order chi connectivity index (χ1) is 12.1. The molecule has 148 valence electrons. The molecule has 0 radical (unpaired) electrons. The molecular formula is C20H35IN4O. The SMILES string of the molecule is CN=C(NCCCc1ccc(C(C)C)cc1)NCC1CN(C)CCO1.I. The molecule has 1 aromatic carbocycles. The van der Waals surface area contributed by atoms with Crippen molar-refractivity contribution in [3.05, 3.63) is 35.4 Å². The Morgan fingerprint density at radius 1 is 1.27 bits per heavy atom. The average Bonchev–Trinajstić information content (AvgIpc) is 2.61. The van der Waals surface area contributed by atoms with Gasteiger partial charge in [-0.2, -0.15) is 0 Å². The van der Waals surface area contributed by atoms with Crippen molar-refractivity contribution >= 4 is 29.9 Å². The number of benzene rings is 1. The van der Waals surface area contributed by atoms with Gasteiger partial charge in [0.15, 0.2) is 5.96 Å². The maximum Gasteiger partial charge on any atom is 0.191 e. The first kappa shape index (κ1) is 23.2. The number of likely N-dealkylation sites (N-methyl/N-ethyl adjacent to an activating group) is 1. The molecule has 2 rings (SSSR count). The van der Waals surface area contributed by atoms with Gasteiger partial charge in [-0.1, -0.05) is 38.1 Å². The molecule has 1 aromatic rings. The topological polar surface area (TPSA) is 48.9 Å². The van der Waals surface area contributed by atoms with Crippen molar-refractivity contribution in [2.24, 2.45) is 4.99 Å². The minimum atomic E-state index is 0. The highest BCUT2D eigenvalue weighted by Crippen LogP contribution is 2.15. The number of nitrogens with zero attached hydrogens (tertiary/aromatic N) is 2. The lowest BCUT2D eigenvalue weighted by atomic mass is 10.0. The molecule has 26 heavy (non-hydrogen) atoms. The van der Waals surface area contributed by atoms with E-state index in [4.69, 9.17) is 4.74 Å². The molecular weight excluding hydrogens is 439 g/mol. The van der Waals surface area contributed by atoms with Gasteiger partial charge >= 0.3 is 0 Å². The van der Waals surface area contributed by atoms with Crippen molar-refractivity contribution in [2.75, 3.05) is 46.9 Å². The summed E-state index contributed by atoms with van der Waals surface area (Å²) in [6.45, 7) is 8.96. The number of ether oxygens (including phenoxy) is 1. The Morgan fingerprint density at radius 2 is 2.00 bits per heavy atom. The Balaban J connectivity index is 0.00000338. The predicted octanol–water partition coefficient (Wildman–Crippen LogP) is 2.86. The normalized spacial score (nSPS) is 18.5. The van der Waals surface area contributed by atoms with E-state index in [2.05, 4.69) is 65.7 Å². The molecule has 0 amide bonds. The molecule has 1 unspecified atom stereocenters. The Labute approximate surface area is 176 Å². The van der Waals surface area contributed by atoms with Crippen LogP contribution in [0.5, 0.6) is 0 Å². The average molecular weight is 474 g/mol.